The quantitative estimate of drug-likeness (QED) is 0.513. The van der Waals surface area contributed by atoms with Crippen molar-refractivity contribution in [3.63, 3.8) is 0 Å². The second-order valence-electron chi connectivity index (χ2n) is 4.30. The fourth-order valence-electron chi connectivity index (χ4n) is 1.60. The third-order valence-electron chi connectivity index (χ3n) is 2.58. The van der Waals surface area contributed by atoms with Gasteiger partial charge in [0.15, 0.2) is 5.60 Å². The summed E-state index contributed by atoms with van der Waals surface area (Å²) in [6, 6.07) is 0. The van der Waals surface area contributed by atoms with Gasteiger partial charge in [-0.25, -0.2) is 4.79 Å². The van der Waals surface area contributed by atoms with Crippen molar-refractivity contribution >= 4 is 12.3 Å². The average molecular weight is 214 g/mol. The molecule has 1 rings (SSSR count). The van der Waals surface area contributed by atoms with Crippen LogP contribution in [0, 0.1) is 0 Å². The first kappa shape index (κ1) is 12.2. The van der Waals surface area contributed by atoms with E-state index in [-0.39, 0.29) is 18.7 Å². The van der Waals surface area contributed by atoms with Crippen LogP contribution in [-0.4, -0.2) is 30.6 Å². The van der Waals surface area contributed by atoms with E-state index in [1.165, 1.54) is 0 Å². The van der Waals surface area contributed by atoms with Crippen molar-refractivity contribution in [1.29, 1.82) is 0 Å². The van der Waals surface area contributed by atoms with Gasteiger partial charge in [0.2, 0.25) is 0 Å². The molecule has 0 bridgehead atoms. The standard InChI is InChI=1S/C11H18O4/c1-11(2,14-8-7-12)10(13)15-9-5-3-4-6-9/h7,9H,3-6,8H2,1-2H3. The molecule has 0 aromatic carbocycles. The van der Waals surface area contributed by atoms with Crippen molar-refractivity contribution in [2.45, 2.75) is 51.2 Å². The molecule has 0 unspecified atom stereocenters. The molecule has 0 saturated heterocycles. The van der Waals surface area contributed by atoms with E-state index < -0.39 is 5.60 Å². The van der Waals surface area contributed by atoms with Gasteiger partial charge in [-0.05, 0) is 39.5 Å². The Balaban J connectivity index is 2.39. The van der Waals surface area contributed by atoms with Crippen molar-refractivity contribution < 1.29 is 19.1 Å². The molecule has 0 N–H and O–H groups in total. The Morgan fingerprint density at radius 3 is 2.53 bits per heavy atom. The predicted octanol–water partition coefficient (Wildman–Crippen LogP) is 1.47. The zero-order chi connectivity index (χ0) is 11.3. The third-order valence-corrected chi connectivity index (χ3v) is 2.58. The van der Waals surface area contributed by atoms with Crippen LogP contribution in [-0.2, 0) is 19.1 Å². The molecule has 0 aromatic rings. The van der Waals surface area contributed by atoms with Gasteiger partial charge < -0.3 is 14.3 Å². The molecule has 4 nitrogen and oxygen atoms in total. The van der Waals surface area contributed by atoms with Crippen LogP contribution in [0.3, 0.4) is 0 Å². The minimum absolute atomic E-state index is 0.0385. The number of aldehydes is 1. The molecule has 0 aliphatic heterocycles. The largest absolute Gasteiger partial charge is 0.460 e. The molecule has 4 heteroatoms. The Labute approximate surface area is 89.9 Å². The molecular weight excluding hydrogens is 196 g/mol. The second kappa shape index (κ2) is 5.26. The van der Waals surface area contributed by atoms with Gasteiger partial charge in [0, 0.05) is 0 Å². The predicted molar refractivity (Wildman–Crippen MR) is 54.4 cm³/mol. The SMILES string of the molecule is CC(C)(OCC=O)C(=O)OC1CCCC1. The molecule has 0 spiro atoms. The van der Waals surface area contributed by atoms with Crippen molar-refractivity contribution in [2.24, 2.45) is 0 Å². The number of ether oxygens (including phenoxy) is 2. The summed E-state index contributed by atoms with van der Waals surface area (Å²) < 4.78 is 10.4. The van der Waals surface area contributed by atoms with Crippen LogP contribution in [0.4, 0.5) is 0 Å². The van der Waals surface area contributed by atoms with E-state index in [1.807, 2.05) is 0 Å². The number of hydrogen-bond donors (Lipinski definition) is 0. The maximum absolute atomic E-state index is 11.7. The Morgan fingerprint density at radius 2 is 2.00 bits per heavy atom. The van der Waals surface area contributed by atoms with Gasteiger partial charge in [0.1, 0.15) is 19.0 Å². The molecule has 0 amide bonds. The molecule has 0 heterocycles. The number of rotatable bonds is 5. The van der Waals surface area contributed by atoms with Crippen molar-refractivity contribution in [1.82, 2.24) is 0 Å². The fraction of sp³-hybridized carbons (Fsp3) is 0.818. The van der Waals surface area contributed by atoms with Gasteiger partial charge in [-0.1, -0.05) is 0 Å². The lowest BCUT2D eigenvalue weighted by atomic mass is 10.1. The Hall–Kier alpha value is -0.900. The molecule has 0 atom stereocenters. The maximum atomic E-state index is 11.7. The minimum Gasteiger partial charge on any atom is -0.460 e. The molecule has 15 heavy (non-hydrogen) atoms. The van der Waals surface area contributed by atoms with E-state index in [2.05, 4.69) is 0 Å². The summed E-state index contributed by atoms with van der Waals surface area (Å²) in [6.07, 6.45) is 4.79. The van der Waals surface area contributed by atoms with Crippen LogP contribution >= 0.6 is 0 Å². The van der Waals surface area contributed by atoms with E-state index in [4.69, 9.17) is 9.47 Å². The first-order valence-corrected chi connectivity index (χ1v) is 5.35. The normalized spacial score (nSPS) is 17.7. The summed E-state index contributed by atoms with van der Waals surface area (Å²) in [5.41, 5.74) is -1.02. The summed E-state index contributed by atoms with van der Waals surface area (Å²) in [4.78, 5) is 21.8. The Bertz CT molecular complexity index is 229. The number of carbonyl (C=O) groups is 2. The molecular formula is C11H18O4. The Morgan fingerprint density at radius 1 is 1.40 bits per heavy atom. The van der Waals surface area contributed by atoms with Crippen LogP contribution in [0.5, 0.6) is 0 Å². The van der Waals surface area contributed by atoms with Gasteiger partial charge in [-0.15, -0.1) is 0 Å². The molecule has 1 aliphatic rings. The molecule has 1 saturated carbocycles. The lowest BCUT2D eigenvalue weighted by molar-refractivity contribution is -0.173. The maximum Gasteiger partial charge on any atom is 0.338 e. The van der Waals surface area contributed by atoms with E-state index >= 15 is 0 Å². The zero-order valence-corrected chi connectivity index (χ0v) is 9.32. The van der Waals surface area contributed by atoms with Gasteiger partial charge in [-0.3, -0.25) is 0 Å². The molecule has 1 aliphatic carbocycles. The van der Waals surface area contributed by atoms with Gasteiger partial charge in [0.05, 0.1) is 0 Å². The zero-order valence-electron chi connectivity index (χ0n) is 9.32. The number of carbonyl (C=O) groups excluding carboxylic acids is 2. The highest BCUT2D eigenvalue weighted by Gasteiger charge is 2.33. The van der Waals surface area contributed by atoms with Crippen LogP contribution in [0.1, 0.15) is 39.5 Å². The highest BCUT2D eigenvalue weighted by Crippen LogP contribution is 2.23. The molecule has 1 fully saturated rings. The lowest BCUT2D eigenvalue weighted by Gasteiger charge is -2.24. The topological polar surface area (TPSA) is 52.6 Å². The lowest BCUT2D eigenvalue weighted by Crippen LogP contribution is -2.39. The minimum atomic E-state index is -1.02. The third kappa shape index (κ3) is 3.63. The van der Waals surface area contributed by atoms with Crippen molar-refractivity contribution in [3.8, 4) is 0 Å². The van der Waals surface area contributed by atoms with Gasteiger partial charge >= 0.3 is 5.97 Å². The average Bonchev–Trinajstić information content (AvgIpc) is 2.67. The van der Waals surface area contributed by atoms with Gasteiger partial charge in [-0.2, -0.15) is 0 Å². The van der Waals surface area contributed by atoms with Crippen molar-refractivity contribution in [3.05, 3.63) is 0 Å². The van der Waals surface area contributed by atoms with Crippen molar-refractivity contribution in [2.75, 3.05) is 6.61 Å². The molecule has 0 aromatic heterocycles. The van der Waals surface area contributed by atoms with E-state index in [1.54, 1.807) is 13.8 Å². The number of esters is 1. The van der Waals surface area contributed by atoms with Gasteiger partial charge in [0.25, 0.3) is 0 Å². The van der Waals surface area contributed by atoms with Crippen LogP contribution in [0.25, 0.3) is 0 Å². The van der Waals surface area contributed by atoms with E-state index in [0.29, 0.717) is 6.29 Å². The second-order valence-corrected chi connectivity index (χ2v) is 4.30. The van der Waals surface area contributed by atoms with Crippen LogP contribution < -0.4 is 0 Å². The first-order valence-electron chi connectivity index (χ1n) is 5.35. The van der Waals surface area contributed by atoms with Crippen LogP contribution in [0.2, 0.25) is 0 Å². The summed E-state index contributed by atoms with van der Waals surface area (Å²) in [6.45, 7) is 3.16. The summed E-state index contributed by atoms with van der Waals surface area (Å²) in [7, 11) is 0. The Kier molecular flexibility index (Phi) is 4.27. The highest BCUT2D eigenvalue weighted by molar-refractivity contribution is 5.79. The molecule has 0 radical (unpaired) electrons. The molecule has 86 valence electrons. The summed E-state index contributed by atoms with van der Waals surface area (Å²) >= 11 is 0. The fourth-order valence-corrected chi connectivity index (χ4v) is 1.60. The monoisotopic (exact) mass is 214 g/mol. The van der Waals surface area contributed by atoms with E-state index in [9.17, 15) is 9.59 Å². The highest BCUT2D eigenvalue weighted by atomic mass is 16.6. The number of hydrogen-bond acceptors (Lipinski definition) is 4. The van der Waals surface area contributed by atoms with Crippen LogP contribution in [0.15, 0.2) is 0 Å². The smallest absolute Gasteiger partial charge is 0.338 e. The first-order chi connectivity index (χ1) is 7.06. The van der Waals surface area contributed by atoms with E-state index in [0.717, 1.165) is 25.7 Å². The summed E-state index contributed by atoms with van der Waals surface area (Å²) in [5.74, 6) is -0.378. The summed E-state index contributed by atoms with van der Waals surface area (Å²) in [5, 5.41) is 0.